The van der Waals surface area contributed by atoms with Crippen LogP contribution in [0.5, 0.6) is 0 Å². The van der Waals surface area contributed by atoms with Gasteiger partial charge in [-0.25, -0.2) is 0 Å². The van der Waals surface area contributed by atoms with Crippen LogP contribution in [0.15, 0.2) is 219 Å². The Morgan fingerprint density at radius 2 is 0.714 bits per heavy atom. The van der Waals surface area contributed by atoms with E-state index in [0.29, 0.717) is 5.56 Å². The Morgan fingerprint density at radius 3 is 1.20 bits per heavy atom. The van der Waals surface area contributed by atoms with Crippen LogP contribution in [0.25, 0.3) is 78.3 Å². The van der Waals surface area contributed by atoms with E-state index in [1.807, 2.05) is 91.4 Å². The Balaban J connectivity index is 1.02. The topological polar surface area (TPSA) is 110 Å². The molecule has 0 N–H and O–H groups in total. The number of pyridine rings is 3. The van der Waals surface area contributed by atoms with Gasteiger partial charge in [0, 0.05) is 35.3 Å². The molecule has 0 saturated heterocycles. The zero-order chi connectivity index (χ0) is 47.7. The molecule has 0 aliphatic rings. The molecular weight excluding hydrogens is 853 g/mol. The first-order valence-electron chi connectivity index (χ1n) is 23.3. The van der Waals surface area contributed by atoms with Crippen molar-refractivity contribution in [2.24, 2.45) is 0 Å². The van der Waals surface area contributed by atoms with E-state index in [9.17, 15) is 15.8 Å². The minimum atomic E-state index is 0.0937. The first-order chi connectivity index (χ1) is 34.5. The lowest BCUT2D eigenvalue weighted by Crippen LogP contribution is -1.98. The van der Waals surface area contributed by atoms with Crippen molar-refractivity contribution in [1.82, 2.24) is 15.0 Å². The summed E-state index contributed by atoms with van der Waals surface area (Å²) in [4.78, 5) is 13.8. The molecule has 6 nitrogen and oxygen atoms in total. The summed E-state index contributed by atoms with van der Waals surface area (Å²) >= 11 is 0. The molecule has 0 bridgehead atoms. The zero-order valence-electron chi connectivity index (χ0n) is 38.3. The molecule has 0 aliphatic carbocycles. The molecule has 0 amide bonds. The second kappa shape index (κ2) is 20.5. The standard InChI is InChI=1S/C64H44N6/c65-41-55-38-53(39-56(42-66)61(55)43-67)48-26-28-49(29-27-48)60-40-52(64-13-5-8-34-70-64)30-31-59(60)58-10-2-1-9-57(58)54-36-46(16-14-44-18-22-50(23-19-44)62-11-3-6-32-68-62)35-47(37-54)17-15-45-20-24-51(25-21-45)63-12-4-7-33-69-63/h1-13,18-40H,14-17H2. The van der Waals surface area contributed by atoms with Crippen molar-refractivity contribution in [1.29, 1.82) is 15.8 Å². The minimum absolute atomic E-state index is 0.0937. The van der Waals surface area contributed by atoms with Crippen molar-refractivity contribution in [2.75, 3.05) is 0 Å². The molecule has 6 heteroatoms. The fourth-order valence-corrected chi connectivity index (χ4v) is 9.16. The number of hydrogen-bond acceptors (Lipinski definition) is 6. The summed E-state index contributed by atoms with van der Waals surface area (Å²) in [6.45, 7) is 0. The van der Waals surface area contributed by atoms with Crippen molar-refractivity contribution in [3.05, 3.63) is 258 Å². The number of aryl methyl sites for hydroxylation is 4. The summed E-state index contributed by atoms with van der Waals surface area (Å²) in [5.41, 5.74) is 19.7. The SMILES string of the molecule is N#Cc1cc(-c2ccc(-c3cc(-c4ccccn4)ccc3-c3ccccc3-c3cc(CCc4ccc(-c5ccccn5)cc4)cc(CCc4ccc(-c5ccccn5)cc4)c3)cc2)cc(C#N)c1C#N. The molecule has 0 unspecified atom stereocenters. The van der Waals surface area contributed by atoms with E-state index >= 15 is 0 Å². The molecule has 10 aromatic rings. The molecule has 3 heterocycles. The first kappa shape index (κ1) is 44.3. The number of nitriles is 3. The van der Waals surface area contributed by atoms with Crippen LogP contribution < -0.4 is 0 Å². The predicted molar refractivity (Wildman–Crippen MR) is 280 cm³/mol. The molecule has 70 heavy (non-hydrogen) atoms. The van der Waals surface area contributed by atoms with E-state index in [-0.39, 0.29) is 16.7 Å². The third kappa shape index (κ3) is 9.78. The Labute approximate surface area is 408 Å². The van der Waals surface area contributed by atoms with Gasteiger partial charge in [-0.3, -0.25) is 15.0 Å². The highest BCUT2D eigenvalue weighted by Crippen LogP contribution is 2.41. The Hall–Kier alpha value is -9.54. The normalized spacial score (nSPS) is 10.8. The smallest absolute Gasteiger partial charge is 0.102 e. The molecule has 0 radical (unpaired) electrons. The molecule has 7 aromatic carbocycles. The van der Waals surface area contributed by atoms with Crippen molar-refractivity contribution < 1.29 is 0 Å². The molecule has 10 rings (SSSR count). The van der Waals surface area contributed by atoms with Gasteiger partial charge < -0.3 is 0 Å². The van der Waals surface area contributed by atoms with Gasteiger partial charge in [0.2, 0.25) is 0 Å². The summed E-state index contributed by atoms with van der Waals surface area (Å²) in [6, 6.07) is 75.7. The van der Waals surface area contributed by atoms with Crippen LogP contribution in [-0.4, -0.2) is 15.0 Å². The zero-order valence-corrected chi connectivity index (χ0v) is 38.3. The van der Waals surface area contributed by atoms with E-state index < -0.39 is 0 Å². The van der Waals surface area contributed by atoms with Gasteiger partial charge >= 0.3 is 0 Å². The highest BCUT2D eigenvalue weighted by molar-refractivity contribution is 5.94. The fourth-order valence-electron chi connectivity index (χ4n) is 9.16. The average Bonchev–Trinajstić information content (AvgIpc) is 3.44. The maximum absolute atomic E-state index is 9.84. The van der Waals surface area contributed by atoms with E-state index in [2.05, 4.69) is 143 Å². The molecule has 0 saturated carbocycles. The van der Waals surface area contributed by atoms with Gasteiger partial charge in [0.15, 0.2) is 0 Å². The van der Waals surface area contributed by atoms with Gasteiger partial charge in [-0.2, -0.15) is 15.8 Å². The van der Waals surface area contributed by atoms with Gasteiger partial charge in [0.05, 0.1) is 33.8 Å². The lowest BCUT2D eigenvalue weighted by Gasteiger charge is -2.18. The largest absolute Gasteiger partial charge is 0.256 e. The fraction of sp³-hybridized carbons (Fsp3) is 0.0625. The molecule has 0 fully saturated rings. The summed E-state index contributed by atoms with van der Waals surface area (Å²) in [5, 5.41) is 29.4. The summed E-state index contributed by atoms with van der Waals surface area (Å²) < 4.78 is 0. The van der Waals surface area contributed by atoms with Crippen LogP contribution in [0.1, 0.15) is 38.9 Å². The molecular formula is C64H44N6. The van der Waals surface area contributed by atoms with Gasteiger partial charge in [0.25, 0.3) is 0 Å². The Bertz CT molecular complexity index is 3450. The number of rotatable bonds is 13. The van der Waals surface area contributed by atoms with Gasteiger partial charge in [-0.1, -0.05) is 146 Å². The second-order valence-corrected chi connectivity index (χ2v) is 17.2. The highest BCUT2D eigenvalue weighted by Gasteiger charge is 2.17. The van der Waals surface area contributed by atoms with Crippen LogP contribution in [-0.2, 0) is 25.7 Å². The summed E-state index contributed by atoms with van der Waals surface area (Å²) in [6.07, 6.45) is 9.04. The highest BCUT2D eigenvalue weighted by atomic mass is 14.7. The predicted octanol–water partition coefficient (Wildman–Crippen LogP) is 14.7. The lowest BCUT2D eigenvalue weighted by molar-refractivity contribution is 0.931. The van der Waals surface area contributed by atoms with E-state index in [4.69, 9.17) is 4.98 Å². The third-order valence-electron chi connectivity index (χ3n) is 12.8. The molecule has 0 aliphatic heterocycles. The van der Waals surface area contributed by atoms with Crippen LogP contribution in [0, 0.1) is 34.0 Å². The van der Waals surface area contributed by atoms with Crippen LogP contribution in [0.3, 0.4) is 0 Å². The minimum Gasteiger partial charge on any atom is -0.256 e. The first-order valence-corrected chi connectivity index (χ1v) is 23.3. The number of hydrogen-bond donors (Lipinski definition) is 0. The van der Waals surface area contributed by atoms with Crippen molar-refractivity contribution in [3.8, 4) is 96.5 Å². The number of aromatic nitrogens is 3. The molecule has 330 valence electrons. The van der Waals surface area contributed by atoms with Crippen LogP contribution >= 0.6 is 0 Å². The van der Waals surface area contributed by atoms with E-state index in [1.54, 1.807) is 12.1 Å². The van der Waals surface area contributed by atoms with E-state index in [1.165, 1.54) is 22.3 Å². The third-order valence-corrected chi connectivity index (χ3v) is 12.8. The number of nitrogens with zero attached hydrogens (tertiary/aromatic N) is 6. The molecule has 3 aromatic heterocycles. The Kier molecular flexibility index (Phi) is 13.0. The summed E-state index contributed by atoms with van der Waals surface area (Å²) in [5.74, 6) is 0. The maximum Gasteiger partial charge on any atom is 0.102 e. The van der Waals surface area contributed by atoms with Gasteiger partial charge in [0.1, 0.15) is 18.2 Å². The number of benzene rings is 7. The quantitative estimate of drug-likeness (QED) is 0.114. The second-order valence-electron chi connectivity index (χ2n) is 17.2. The Morgan fingerprint density at radius 1 is 0.286 bits per heavy atom. The summed E-state index contributed by atoms with van der Waals surface area (Å²) in [7, 11) is 0. The average molecular weight is 897 g/mol. The van der Waals surface area contributed by atoms with Gasteiger partial charge in [-0.15, -0.1) is 0 Å². The maximum atomic E-state index is 9.84. The van der Waals surface area contributed by atoms with Crippen molar-refractivity contribution in [3.63, 3.8) is 0 Å². The van der Waals surface area contributed by atoms with Crippen molar-refractivity contribution >= 4 is 0 Å². The van der Waals surface area contributed by atoms with E-state index in [0.717, 1.165) is 98.4 Å². The molecule has 0 spiro atoms. The van der Waals surface area contributed by atoms with Gasteiger partial charge in [-0.05, 0) is 147 Å². The lowest BCUT2D eigenvalue weighted by atomic mass is 9.86. The van der Waals surface area contributed by atoms with Crippen LogP contribution in [0.4, 0.5) is 0 Å². The molecule has 0 atom stereocenters. The van der Waals surface area contributed by atoms with Crippen molar-refractivity contribution in [2.45, 2.75) is 25.7 Å². The monoisotopic (exact) mass is 896 g/mol. The van der Waals surface area contributed by atoms with Crippen LogP contribution in [0.2, 0.25) is 0 Å².